The molecule has 0 aromatic heterocycles. The Balaban J connectivity index is 0.00000225. The van der Waals surface area contributed by atoms with Gasteiger partial charge in [0.1, 0.15) is 0 Å². The molecule has 0 aliphatic carbocycles. The van der Waals surface area contributed by atoms with Crippen LogP contribution in [0, 0.1) is 4.97 Å². The third kappa shape index (κ3) is 5.18. The van der Waals surface area contributed by atoms with Crippen molar-refractivity contribution in [3.05, 3.63) is 40.9 Å². The fraction of sp³-hybridized carbons (Fsp3) is 0.111. The summed E-state index contributed by atoms with van der Waals surface area (Å²) >= 11 is -0.747. The van der Waals surface area contributed by atoms with Gasteiger partial charge in [-0.3, -0.25) is 0 Å². The van der Waals surface area contributed by atoms with Gasteiger partial charge in [-0.15, -0.1) is 0 Å². The average molecular weight is 293 g/mol. The Bertz CT molecular complexity index is 353. The second kappa shape index (κ2) is 6.46. The smallest absolute Gasteiger partial charge is 1.00 e. The molecule has 82 valence electrons. The normalized spacial score (nSPS) is 10.6. The molecule has 0 saturated heterocycles. The fourth-order valence-corrected chi connectivity index (χ4v) is 1.79. The summed E-state index contributed by atoms with van der Waals surface area (Å²) in [5.74, 6) is 0. The average Bonchev–Trinajstić information content (AvgIpc) is 2.14. The van der Waals surface area contributed by atoms with Crippen molar-refractivity contribution in [3.8, 4) is 0 Å². The molecule has 0 spiro atoms. The van der Waals surface area contributed by atoms with Gasteiger partial charge >= 0.3 is 107 Å². The van der Waals surface area contributed by atoms with E-state index in [1.165, 1.54) is 12.1 Å². The van der Waals surface area contributed by atoms with Crippen LogP contribution >= 0.6 is 0 Å². The van der Waals surface area contributed by atoms with Crippen LogP contribution in [-0.2, 0) is 6.18 Å². The summed E-state index contributed by atoms with van der Waals surface area (Å²) in [7, 11) is 0. The summed E-state index contributed by atoms with van der Waals surface area (Å²) in [5.41, 5.74) is -0.785. The van der Waals surface area contributed by atoms with Crippen LogP contribution in [-0.4, -0.2) is 15.0 Å². The molecule has 7 heteroatoms. The van der Waals surface area contributed by atoms with Crippen LogP contribution in [0.1, 0.15) is 5.56 Å². The van der Waals surface area contributed by atoms with Crippen molar-refractivity contribution in [2.75, 3.05) is 0 Å². The van der Waals surface area contributed by atoms with Gasteiger partial charge < -0.3 is 0 Å². The van der Waals surface area contributed by atoms with E-state index in [2.05, 4.69) is 0 Å². The van der Waals surface area contributed by atoms with Crippen LogP contribution in [0.3, 0.4) is 0 Å². The second-order valence-electron chi connectivity index (χ2n) is 2.49. The van der Waals surface area contributed by atoms with Gasteiger partial charge in [-0.1, -0.05) is 0 Å². The number of alkyl halides is 3. The molecular formula is C9H4F5LiSe. The quantitative estimate of drug-likeness (QED) is 0.395. The predicted octanol–water partition coefficient (Wildman–Crippen LogP) is -0.420. The first-order valence-corrected chi connectivity index (χ1v) is 5.39. The van der Waals surface area contributed by atoms with E-state index < -0.39 is 32.8 Å². The van der Waals surface area contributed by atoms with Crippen molar-refractivity contribution >= 4 is 19.4 Å². The summed E-state index contributed by atoms with van der Waals surface area (Å²) in [4.78, 5) is 1.78. The molecule has 0 nitrogen and oxygen atoms in total. The standard InChI is InChI=1S/C9H4F5Se.Li/c10-8(11)5-15-7-3-1-6(2-4-7)9(12,13)14;/h1-4H;/q-1;+1. The molecule has 16 heavy (non-hydrogen) atoms. The van der Waals surface area contributed by atoms with Crippen LogP contribution in [0.15, 0.2) is 30.3 Å². The predicted molar refractivity (Wildman–Crippen MR) is 45.8 cm³/mol. The summed E-state index contributed by atoms with van der Waals surface area (Å²) < 4.78 is 60.0. The fourth-order valence-electron chi connectivity index (χ4n) is 0.809. The number of rotatable bonds is 2. The van der Waals surface area contributed by atoms with E-state index in [0.29, 0.717) is 4.46 Å². The van der Waals surface area contributed by atoms with Gasteiger partial charge in [0.2, 0.25) is 0 Å². The van der Waals surface area contributed by atoms with Crippen molar-refractivity contribution in [2.24, 2.45) is 0 Å². The Labute approximate surface area is 107 Å². The van der Waals surface area contributed by atoms with Crippen molar-refractivity contribution in [1.82, 2.24) is 0 Å². The maximum absolute atomic E-state index is 12.1. The van der Waals surface area contributed by atoms with Gasteiger partial charge in [-0.05, 0) is 0 Å². The molecule has 0 N–H and O–H groups in total. The van der Waals surface area contributed by atoms with Gasteiger partial charge in [-0.2, -0.15) is 0 Å². The molecule has 1 aromatic carbocycles. The zero-order chi connectivity index (χ0) is 11.5. The van der Waals surface area contributed by atoms with E-state index in [-0.39, 0.29) is 18.9 Å². The van der Waals surface area contributed by atoms with Crippen LogP contribution in [0.4, 0.5) is 22.0 Å². The van der Waals surface area contributed by atoms with Crippen LogP contribution in [0.25, 0.3) is 0 Å². The largest absolute Gasteiger partial charge is 1.00 e. The summed E-state index contributed by atoms with van der Waals surface area (Å²) in [6, 6.07) is 4.10. The number of halogens is 5. The zero-order valence-corrected chi connectivity index (χ0v) is 9.82. The van der Waals surface area contributed by atoms with Crippen molar-refractivity contribution in [3.63, 3.8) is 0 Å². The maximum Gasteiger partial charge on any atom is 1.00 e. The summed E-state index contributed by atoms with van der Waals surface area (Å²) in [6.45, 7) is 0. The molecule has 0 aliphatic heterocycles. The van der Waals surface area contributed by atoms with E-state index in [0.717, 1.165) is 12.1 Å². The second-order valence-corrected chi connectivity index (χ2v) is 4.33. The molecule has 0 unspecified atom stereocenters. The number of hydrogen-bond donors (Lipinski definition) is 0. The topological polar surface area (TPSA) is 0 Å². The zero-order valence-electron chi connectivity index (χ0n) is 8.11. The molecule has 0 radical (unpaired) electrons. The number of benzene rings is 1. The van der Waals surface area contributed by atoms with E-state index in [4.69, 9.17) is 0 Å². The van der Waals surface area contributed by atoms with Crippen molar-refractivity contribution in [1.29, 1.82) is 0 Å². The van der Waals surface area contributed by atoms with Crippen LogP contribution < -0.4 is 23.3 Å². The van der Waals surface area contributed by atoms with E-state index >= 15 is 0 Å². The Morgan fingerprint density at radius 1 is 1.06 bits per heavy atom. The molecular weight excluding hydrogens is 289 g/mol. The SMILES string of the molecule is FC(F)=[C-][Se]c1ccc(C(F)(F)F)cc1.[Li+]. The maximum atomic E-state index is 12.1. The monoisotopic (exact) mass is 294 g/mol. The Morgan fingerprint density at radius 2 is 1.56 bits per heavy atom. The van der Waals surface area contributed by atoms with Crippen molar-refractivity contribution in [2.45, 2.75) is 6.18 Å². The molecule has 1 aromatic rings. The third-order valence-electron chi connectivity index (χ3n) is 1.43. The molecule has 0 aliphatic rings. The van der Waals surface area contributed by atoms with Crippen LogP contribution in [0.5, 0.6) is 0 Å². The minimum Gasteiger partial charge on any atom is 1.00 e. The Kier molecular flexibility index (Phi) is 6.35. The summed E-state index contributed by atoms with van der Waals surface area (Å²) in [6.07, 6.45) is -6.33. The van der Waals surface area contributed by atoms with E-state index in [9.17, 15) is 22.0 Å². The third-order valence-corrected chi connectivity index (χ3v) is 3.03. The van der Waals surface area contributed by atoms with Gasteiger partial charge in [0.25, 0.3) is 0 Å². The number of hydrogen-bond acceptors (Lipinski definition) is 0. The van der Waals surface area contributed by atoms with Gasteiger partial charge in [-0.25, -0.2) is 0 Å². The molecule has 0 saturated carbocycles. The van der Waals surface area contributed by atoms with Crippen LogP contribution in [0.2, 0.25) is 0 Å². The van der Waals surface area contributed by atoms with E-state index in [1.54, 1.807) is 4.97 Å². The Hall–Kier alpha value is -0.273. The van der Waals surface area contributed by atoms with E-state index in [1.807, 2.05) is 0 Å². The first-order chi connectivity index (χ1) is 6.89. The Morgan fingerprint density at radius 3 is 1.94 bits per heavy atom. The van der Waals surface area contributed by atoms with Crippen molar-refractivity contribution < 1.29 is 40.8 Å². The van der Waals surface area contributed by atoms with Gasteiger partial charge in [0.15, 0.2) is 0 Å². The first kappa shape index (κ1) is 15.7. The minimum atomic E-state index is -4.39. The minimum absolute atomic E-state index is 0. The molecule has 0 bridgehead atoms. The van der Waals surface area contributed by atoms with Gasteiger partial charge in [0.05, 0.1) is 0 Å². The van der Waals surface area contributed by atoms with Gasteiger partial charge in [0, 0.05) is 0 Å². The molecule has 0 amide bonds. The molecule has 1 rings (SSSR count). The molecule has 0 heterocycles. The molecule has 0 fully saturated rings. The first-order valence-electron chi connectivity index (χ1n) is 3.67. The molecule has 0 atom stereocenters. The summed E-state index contributed by atoms with van der Waals surface area (Å²) in [5, 5.41) is 0.